The Morgan fingerprint density at radius 2 is 2.00 bits per heavy atom. The number of nitro groups is 1. The third-order valence-electron chi connectivity index (χ3n) is 4.51. The first-order valence-corrected chi connectivity index (χ1v) is 10.2. The minimum atomic E-state index is -3.77. The van der Waals surface area contributed by atoms with E-state index in [9.17, 15) is 23.6 Å². The Morgan fingerprint density at radius 3 is 2.66 bits per heavy atom. The van der Waals surface area contributed by atoms with E-state index in [2.05, 4.69) is 10.5 Å². The molecule has 1 fully saturated rings. The third kappa shape index (κ3) is 4.30. The van der Waals surface area contributed by atoms with Crippen molar-refractivity contribution in [3.8, 4) is 11.5 Å². The predicted octanol–water partition coefficient (Wildman–Crippen LogP) is 2.54. The monoisotopic (exact) mass is 420 g/mol. The normalized spacial score (nSPS) is 14.9. The second-order valence-corrected chi connectivity index (χ2v) is 8.25. The molecule has 0 saturated carbocycles. The zero-order valence-electron chi connectivity index (χ0n) is 15.6. The Balaban J connectivity index is 1.86. The van der Waals surface area contributed by atoms with Crippen LogP contribution >= 0.6 is 0 Å². The summed E-state index contributed by atoms with van der Waals surface area (Å²) >= 11 is 0. The molecule has 1 aliphatic rings. The number of phenolic OH excluding ortho intramolecular Hbond substituents is 1. The van der Waals surface area contributed by atoms with Gasteiger partial charge < -0.3 is 9.84 Å². The van der Waals surface area contributed by atoms with Gasteiger partial charge in [-0.3, -0.25) is 15.5 Å². The topological polar surface area (TPSA) is 134 Å². The van der Waals surface area contributed by atoms with Crippen molar-refractivity contribution in [2.24, 2.45) is 5.10 Å². The van der Waals surface area contributed by atoms with E-state index < -0.39 is 20.6 Å². The van der Waals surface area contributed by atoms with Gasteiger partial charge in [-0.2, -0.15) is 9.41 Å². The largest absolute Gasteiger partial charge is 0.504 e. The third-order valence-corrected chi connectivity index (χ3v) is 6.40. The lowest BCUT2D eigenvalue weighted by molar-refractivity contribution is -0.384. The number of methoxy groups -OCH3 is 1. The number of para-hydroxylation sites is 1. The lowest BCUT2D eigenvalue weighted by Gasteiger charge is -2.15. The van der Waals surface area contributed by atoms with Crippen LogP contribution in [-0.4, -0.2) is 49.2 Å². The van der Waals surface area contributed by atoms with Crippen molar-refractivity contribution >= 4 is 27.6 Å². The van der Waals surface area contributed by atoms with Gasteiger partial charge in [0.2, 0.25) is 10.0 Å². The molecule has 0 unspecified atom stereocenters. The van der Waals surface area contributed by atoms with Crippen LogP contribution in [0.5, 0.6) is 11.5 Å². The number of benzene rings is 2. The minimum absolute atomic E-state index is 0.0222. The van der Waals surface area contributed by atoms with E-state index in [4.69, 9.17) is 4.74 Å². The first-order chi connectivity index (χ1) is 13.8. The standard InChI is InChI=1S/C18H20N4O6S/c1-28-17-6-4-5-13(18(17)23)12-19-20-15-8-7-14(11-16(15)22(24)25)29(26,27)21-9-2-3-10-21/h4-8,11-12,20,23H,2-3,9-10H2,1H3/b19-12+. The molecular weight excluding hydrogens is 400 g/mol. The van der Waals surface area contributed by atoms with Gasteiger partial charge in [0.15, 0.2) is 11.5 Å². The van der Waals surface area contributed by atoms with Crippen molar-refractivity contribution in [3.63, 3.8) is 0 Å². The molecule has 2 N–H and O–H groups in total. The second kappa shape index (κ2) is 8.45. The zero-order chi connectivity index (χ0) is 21.0. The van der Waals surface area contributed by atoms with E-state index in [1.165, 1.54) is 29.8 Å². The van der Waals surface area contributed by atoms with Gasteiger partial charge in [0.05, 0.1) is 23.1 Å². The summed E-state index contributed by atoms with van der Waals surface area (Å²) in [4.78, 5) is 10.6. The van der Waals surface area contributed by atoms with E-state index in [0.29, 0.717) is 18.7 Å². The number of nitrogens with zero attached hydrogens (tertiary/aromatic N) is 3. The van der Waals surface area contributed by atoms with E-state index in [-0.39, 0.29) is 22.1 Å². The molecule has 1 saturated heterocycles. The molecule has 154 valence electrons. The number of hydrogen-bond acceptors (Lipinski definition) is 8. The number of nitro benzene ring substituents is 1. The summed E-state index contributed by atoms with van der Waals surface area (Å²) in [5.74, 6) is 0.138. The molecule has 1 heterocycles. The van der Waals surface area contributed by atoms with Crippen LogP contribution in [0.2, 0.25) is 0 Å². The average Bonchev–Trinajstić information content (AvgIpc) is 3.25. The number of aromatic hydroxyl groups is 1. The van der Waals surface area contributed by atoms with Crippen molar-refractivity contribution in [1.82, 2.24) is 4.31 Å². The Morgan fingerprint density at radius 1 is 1.28 bits per heavy atom. The maximum atomic E-state index is 12.6. The minimum Gasteiger partial charge on any atom is -0.504 e. The lowest BCUT2D eigenvalue weighted by atomic mass is 10.2. The smallest absolute Gasteiger partial charge is 0.295 e. The van der Waals surface area contributed by atoms with E-state index in [0.717, 1.165) is 18.9 Å². The van der Waals surface area contributed by atoms with E-state index in [1.54, 1.807) is 18.2 Å². The van der Waals surface area contributed by atoms with Gasteiger partial charge >= 0.3 is 0 Å². The summed E-state index contributed by atoms with van der Waals surface area (Å²) in [5.41, 5.74) is 2.47. The van der Waals surface area contributed by atoms with Gasteiger partial charge in [0.25, 0.3) is 5.69 Å². The fourth-order valence-electron chi connectivity index (χ4n) is 2.97. The molecule has 11 heteroatoms. The number of ether oxygens (including phenoxy) is 1. The summed E-state index contributed by atoms with van der Waals surface area (Å²) in [6.07, 6.45) is 2.82. The number of hydrogen-bond donors (Lipinski definition) is 2. The molecule has 0 bridgehead atoms. The number of nitrogens with one attached hydrogen (secondary N) is 1. The number of hydrazone groups is 1. The first-order valence-electron chi connectivity index (χ1n) is 8.78. The summed E-state index contributed by atoms with van der Waals surface area (Å²) in [6.45, 7) is 0.814. The number of phenols is 1. The zero-order valence-corrected chi connectivity index (χ0v) is 16.4. The van der Waals surface area contributed by atoms with Crippen LogP contribution in [0, 0.1) is 10.1 Å². The van der Waals surface area contributed by atoms with Crippen LogP contribution in [-0.2, 0) is 10.0 Å². The Bertz CT molecular complexity index is 1050. The van der Waals surface area contributed by atoms with Crippen LogP contribution in [0.25, 0.3) is 0 Å². The summed E-state index contributed by atoms with van der Waals surface area (Å²) in [7, 11) is -2.36. The summed E-state index contributed by atoms with van der Waals surface area (Å²) in [6, 6.07) is 8.44. The molecular formula is C18H20N4O6S. The second-order valence-electron chi connectivity index (χ2n) is 6.32. The Labute approximate surface area is 167 Å². The fourth-order valence-corrected chi connectivity index (χ4v) is 4.51. The molecule has 2 aromatic rings. The maximum absolute atomic E-state index is 12.6. The van der Waals surface area contributed by atoms with Crippen LogP contribution in [0.3, 0.4) is 0 Å². The predicted molar refractivity (Wildman–Crippen MR) is 107 cm³/mol. The van der Waals surface area contributed by atoms with Crippen LogP contribution in [0.4, 0.5) is 11.4 Å². The quantitative estimate of drug-likeness (QED) is 0.399. The number of anilines is 1. The van der Waals surface area contributed by atoms with Crippen molar-refractivity contribution < 1.29 is 23.2 Å². The van der Waals surface area contributed by atoms with E-state index in [1.807, 2.05) is 0 Å². The van der Waals surface area contributed by atoms with Crippen molar-refractivity contribution in [1.29, 1.82) is 0 Å². The van der Waals surface area contributed by atoms with Crippen LogP contribution in [0.15, 0.2) is 46.4 Å². The van der Waals surface area contributed by atoms with Gasteiger partial charge in [-0.05, 0) is 37.1 Å². The number of sulfonamides is 1. The fraction of sp³-hybridized carbons (Fsp3) is 0.278. The molecule has 1 aliphatic heterocycles. The van der Waals surface area contributed by atoms with Crippen LogP contribution in [0.1, 0.15) is 18.4 Å². The van der Waals surface area contributed by atoms with E-state index >= 15 is 0 Å². The van der Waals surface area contributed by atoms with Gasteiger partial charge in [-0.15, -0.1) is 0 Å². The summed E-state index contributed by atoms with van der Waals surface area (Å²) < 4.78 is 31.6. The highest BCUT2D eigenvalue weighted by atomic mass is 32.2. The molecule has 0 aromatic heterocycles. The Kier molecular flexibility index (Phi) is 5.99. The van der Waals surface area contributed by atoms with Gasteiger partial charge in [0, 0.05) is 24.7 Å². The Hall–Kier alpha value is -3.18. The highest BCUT2D eigenvalue weighted by Crippen LogP contribution is 2.31. The SMILES string of the molecule is COc1cccc(/C=N/Nc2ccc(S(=O)(=O)N3CCCC3)cc2[N+](=O)[O-])c1O. The molecule has 0 amide bonds. The van der Waals surface area contributed by atoms with Crippen molar-refractivity contribution in [2.45, 2.75) is 17.7 Å². The van der Waals surface area contributed by atoms with Gasteiger partial charge in [-0.25, -0.2) is 8.42 Å². The molecule has 0 spiro atoms. The molecule has 0 atom stereocenters. The van der Waals surface area contributed by atoms with Crippen molar-refractivity contribution in [2.75, 3.05) is 25.6 Å². The van der Waals surface area contributed by atoms with Crippen LogP contribution < -0.4 is 10.2 Å². The number of rotatable bonds is 7. The molecule has 29 heavy (non-hydrogen) atoms. The summed E-state index contributed by atoms with van der Waals surface area (Å²) in [5, 5.41) is 25.4. The first kappa shape index (κ1) is 20.6. The lowest BCUT2D eigenvalue weighted by Crippen LogP contribution is -2.27. The highest BCUT2D eigenvalue weighted by molar-refractivity contribution is 7.89. The molecule has 10 nitrogen and oxygen atoms in total. The van der Waals surface area contributed by atoms with Crippen molar-refractivity contribution in [3.05, 3.63) is 52.1 Å². The average molecular weight is 420 g/mol. The molecule has 2 aromatic carbocycles. The molecule has 3 rings (SSSR count). The highest BCUT2D eigenvalue weighted by Gasteiger charge is 2.29. The van der Waals surface area contributed by atoms with Gasteiger partial charge in [0.1, 0.15) is 5.69 Å². The maximum Gasteiger partial charge on any atom is 0.295 e. The van der Waals surface area contributed by atoms with Gasteiger partial charge in [-0.1, -0.05) is 6.07 Å². The molecule has 0 aliphatic carbocycles. The molecule has 0 radical (unpaired) electrons.